The van der Waals surface area contributed by atoms with Gasteiger partial charge in [-0.1, -0.05) is 25.4 Å². The van der Waals surface area contributed by atoms with Gasteiger partial charge in [-0.2, -0.15) is 9.97 Å². The molecule has 168 valence electrons. The number of carbonyl (C=O) groups is 1. The van der Waals surface area contributed by atoms with E-state index >= 15 is 0 Å². The number of pyridine rings is 1. The van der Waals surface area contributed by atoms with Crippen molar-refractivity contribution in [3.05, 3.63) is 28.2 Å². The zero-order chi connectivity index (χ0) is 22.7. The molecular formula is C21H30ClN7O2. The van der Waals surface area contributed by atoms with E-state index in [-0.39, 0.29) is 23.6 Å². The second-order valence-corrected chi connectivity index (χ2v) is 8.45. The molecule has 1 aliphatic heterocycles. The SMILES string of the molecule is COc1c(C)cnc(CN2CC(=O)N(CCNCC(C)C)c3c(Cl)nc(N)nc32)c1C. The maximum absolute atomic E-state index is 13.1. The average molecular weight is 448 g/mol. The number of nitrogen functional groups attached to an aromatic ring is 1. The first kappa shape index (κ1) is 23.0. The van der Waals surface area contributed by atoms with E-state index < -0.39 is 0 Å². The number of halogens is 1. The van der Waals surface area contributed by atoms with E-state index in [4.69, 9.17) is 22.1 Å². The number of methoxy groups -OCH3 is 1. The van der Waals surface area contributed by atoms with Crippen LogP contribution in [0.15, 0.2) is 6.20 Å². The number of nitrogens with two attached hydrogens (primary N) is 1. The number of rotatable bonds is 8. The Bertz CT molecular complexity index is 967. The summed E-state index contributed by atoms with van der Waals surface area (Å²) in [6.45, 7) is 10.7. The van der Waals surface area contributed by atoms with Gasteiger partial charge in [-0.3, -0.25) is 9.78 Å². The molecule has 2 aromatic rings. The fraction of sp³-hybridized carbons (Fsp3) is 0.524. The highest BCUT2D eigenvalue weighted by Crippen LogP contribution is 2.38. The Kier molecular flexibility index (Phi) is 7.17. The molecule has 10 heteroatoms. The monoisotopic (exact) mass is 447 g/mol. The lowest BCUT2D eigenvalue weighted by molar-refractivity contribution is -0.117. The number of hydrogen-bond donors (Lipinski definition) is 2. The van der Waals surface area contributed by atoms with Gasteiger partial charge in [0.15, 0.2) is 11.0 Å². The average Bonchev–Trinajstić information content (AvgIpc) is 2.69. The Hall–Kier alpha value is -2.65. The predicted octanol–water partition coefficient (Wildman–Crippen LogP) is 2.33. The quantitative estimate of drug-likeness (QED) is 0.468. The van der Waals surface area contributed by atoms with Crippen LogP contribution in [0, 0.1) is 19.8 Å². The first-order chi connectivity index (χ1) is 14.7. The van der Waals surface area contributed by atoms with Crippen LogP contribution in [-0.4, -0.2) is 54.1 Å². The Labute approximate surface area is 188 Å². The Morgan fingerprint density at radius 3 is 2.74 bits per heavy atom. The number of aryl methyl sites for hydroxylation is 1. The standard InChI is InChI=1S/C21H30ClN7O2/c1-12(2)8-24-6-7-29-16(30)11-28(20-17(29)19(22)26-21(23)27-20)10-15-14(4)18(31-5)13(3)9-25-15/h9,12,24H,6-8,10-11H2,1-5H3,(H2,23,26,27). The molecule has 0 spiro atoms. The summed E-state index contributed by atoms with van der Waals surface area (Å²) in [4.78, 5) is 29.6. The van der Waals surface area contributed by atoms with Crippen LogP contribution in [0.5, 0.6) is 5.75 Å². The molecule has 3 N–H and O–H groups in total. The number of amides is 1. The van der Waals surface area contributed by atoms with Crippen molar-refractivity contribution >= 4 is 35.0 Å². The van der Waals surface area contributed by atoms with Gasteiger partial charge in [0.1, 0.15) is 11.4 Å². The lowest BCUT2D eigenvalue weighted by atomic mass is 10.1. The van der Waals surface area contributed by atoms with E-state index in [1.807, 2.05) is 18.7 Å². The maximum Gasteiger partial charge on any atom is 0.246 e. The second kappa shape index (κ2) is 9.65. The van der Waals surface area contributed by atoms with Gasteiger partial charge in [0.25, 0.3) is 0 Å². The van der Waals surface area contributed by atoms with Crippen molar-refractivity contribution in [3.8, 4) is 5.75 Å². The summed E-state index contributed by atoms with van der Waals surface area (Å²) in [5.41, 5.74) is 9.03. The summed E-state index contributed by atoms with van der Waals surface area (Å²) in [6.07, 6.45) is 1.77. The molecule has 0 saturated heterocycles. The normalized spacial score (nSPS) is 13.7. The molecule has 3 heterocycles. The van der Waals surface area contributed by atoms with Gasteiger partial charge in [0.2, 0.25) is 11.9 Å². The number of fused-ring (bicyclic) bond motifs is 1. The highest BCUT2D eigenvalue weighted by atomic mass is 35.5. The lowest BCUT2D eigenvalue weighted by Gasteiger charge is -2.36. The fourth-order valence-corrected chi connectivity index (χ4v) is 3.97. The summed E-state index contributed by atoms with van der Waals surface area (Å²) < 4.78 is 5.52. The van der Waals surface area contributed by atoms with Gasteiger partial charge in [-0.15, -0.1) is 0 Å². The molecule has 31 heavy (non-hydrogen) atoms. The van der Waals surface area contributed by atoms with Crippen LogP contribution in [0.3, 0.4) is 0 Å². The van der Waals surface area contributed by atoms with Crippen LogP contribution < -0.4 is 25.6 Å². The van der Waals surface area contributed by atoms with Gasteiger partial charge in [0, 0.05) is 30.4 Å². The van der Waals surface area contributed by atoms with Crippen molar-refractivity contribution in [2.75, 3.05) is 48.8 Å². The number of carbonyl (C=O) groups excluding carboxylic acids is 1. The minimum Gasteiger partial charge on any atom is -0.496 e. The number of aromatic nitrogens is 3. The van der Waals surface area contributed by atoms with Gasteiger partial charge < -0.3 is 25.6 Å². The number of ether oxygens (including phenoxy) is 1. The van der Waals surface area contributed by atoms with Crippen LogP contribution in [-0.2, 0) is 11.3 Å². The van der Waals surface area contributed by atoms with Crippen molar-refractivity contribution in [2.45, 2.75) is 34.2 Å². The molecule has 0 aromatic carbocycles. The molecule has 0 fully saturated rings. The third-order valence-electron chi connectivity index (χ3n) is 5.19. The third-order valence-corrected chi connectivity index (χ3v) is 5.46. The van der Waals surface area contributed by atoms with Gasteiger partial charge in [-0.25, -0.2) is 0 Å². The van der Waals surface area contributed by atoms with Crippen molar-refractivity contribution in [1.82, 2.24) is 20.3 Å². The molecular weight excluding hydrogens is 418 g/mol. The van der Waals surface area contributed by atoms with E-state index in [9.17, 15) is 4.79 Å². The van der Waals surface area contributed by atoms with Crippen LogP contribution >= 0.6 is 11.6 Å². The second-order valence-electron chi connectivity index (χ2n) is 8.09. The summed E-state index contributed by atoms with van der Waals surface area (Å²) in [5, 5.41) is 3.51. The highest BCUT2D eigenvalue weighted by Gasteiger charge is 2.34. The smallest absolute Gasteiger partial charge is 0.246 e. The molecule has 0 aliphatic carbocycles. The molecule has 2 aromatic heterocycles. The summed E-state index contributed by atoms with van der Waals surface area (Å²) >= 11 is 6.43. The van der Waals surface area contributed by atoms with Crippen LogP contribution in [0.4, 0.5) is 17.5 Å². The topological polar surface area (TPSA) is 110 Å². The number of nitrogens with one attached hydrogen (secondary N) is 1. The van der Waals surface area contributed by atoms with Crippen LogP contribution in [0.1, 0.15) is 30.7 Å². The first-order valence-electron chi connectivity index (χ1n) is 10.3. The molecule has 0 unspecified atom stereocenters. The van der Waals surface area contributed by atoms with Crippen molar-refractivity contribution in [3.63, 3.8) is 0 Å². The molecule has 1 amide bonds. The zero-order valence-electron chi connectivity index (χ0n) is 18.7. The summed E-state index contributed by atoms with van der Waals surface area (Å²) in [7, 11) is 1.64. The van der Waals surface area contributed by atoms with Crippen molar-refractivity contribution in [2.24, 2.45) is 5.92 Å². The van der Waals surface area contributed by atoms with Crippen LogP contribution in [0.2, 0.25) is 5.15 Å². The van der Waals surface area contributed by atoms with Crippen molar-refractivity contribution in [1.29, 1.82) is 0 Å². The van der Waals surface area contributed by atoms with E-state index in [0.29, 0.717) is 37.1 Å². The number of nitrogens with zero attached hydrogens (tertiary/aromatic N) is 5. The molecule has 0 atom stereocenters. The van der Waals surface area contributed by atoms with Gasteiger partial charge >= 0.3 is 0 Å². The minimum atomic E-state index is -0.0779. The number of hydrogen-bond acceptors (Lipinski definition) is 8. The summed E-state index contributed by atoms with van der Waals surface area (Å²) in [6, 6.07) is 0. The van der Waals surface area contributed by atoms with Gasteiger partial charge in [0.05, 0.1) is 25.9 Å². The zero-order valence-corrected chi connectivity index (χ0v) is 19.5. The predicted molar refractivity (Wildman–Crippen MR) is 123 cm³/mol. The van der Waals surface area contributed by atoms with E-state index in [1.54, 1.807) is 18.2 Å². The molecule has 1 aliphatic rings. The summed E-state index contributed by atoms with van der Waals surface area (Å²) in [5.74, 6) is 1.82. The van der Waals surface area contributed by atoms with Crippen molar-refractivity contribution < 1.29 is 9.53 Å². The highest BCUT2D eigenvalue weighted by molar-refractivity contribution is 6.33. The lowest BCUT2D eigenvalue weighted by Crippen LogP contribution is -2.48. The largest absolute Gasteiger partial charge is 0.496 e. The molecule has 9 nitrogen and oxygen atoms in total. The van der Waals surface area contributed by atoms with Gasteiger partial charge in [-0.05, 0) is 26.3 Å². The molecule has 0 bridgehead atoms. The maximum atomic E-state index is 13.1. The molecule has 0 saturated carbocycles. The van der Waals surface area contributed by atoms with E-state index in [0.717, 1.165) is 29.1 Å². The van der Waals surface area contributed by atoms with E-state index in [1.165, 1.54) is 0 Å². The van der Waals surface area contributed by atoms with Crippen LogP contribution in [0.25, 0.3) is 0 Å². The van der Waals surface area contributed by atoms with E-state index in [2.05, 4.69) is 34.1 Å². The number of anilines is 3. The Morgan fingerprint density at radius 2 is 2.06 bits per heavy atom. The minimum absolute atomic E-state index is 0.0622. The third kappa shape index (κ3) is 4.99. The molecule has 0 radical (unpaired) electrons. The Morgan fingerprint density at radius 1 is 1.32 bits per heavy atom. The fourth-order valence-electron chi connectivity index (χ4n) is 3.69. The molecule has 3 rings (SSSR count). The Balaban J connectivity index is 1.92. The first-order valence-corrected chi connectivity index (χ1v) is 10.7.